The number of carboxylic acids is 1. The number of carboxylic acid groups (broad SMARTS) is 1. The van der Waals surface area contributed by atoms with Crippen molar-refractivity contribution in [1.82, 2.24) is 10.3 Å². The molecule has 94 valence electrons. The van der Waals surface area contributed by atoms with Gasteiger partial charge in [-0.3, -0.25) is 10.1 Å². The summed E-state index contributed by atoms with van der Waals surface area (Å²) in [6.07, 6.45) is 0.818. The van der Waals surface area contributed by atoms with E-state index in [0.717, 1.165) is 23.0 Å². The van der Waals surface area contributed by atoms with Crippen LogP contribution in [0, 0.1) is 0 Å². The van der Waals surface area contributed by atoms with Gasteiger partial charge in [0.25, 0.3) is 0 Å². The quantitative estimate of drug-likeness (QED) is 0.759. The number of fused-ring (bicyclic) bond motifs is 3. The second kappa shape index (κ2) is 4.14. The smallest absolute Gasteiger partial charge is 0.321 e. The Balaban J connectivity index is 2.19. The minimum absolute atomic E-state index is 0.0300. The van der Waals surface area contributed by atoms with Crippen molar-refractivity contribution in [3.8, 4) is 0 Å². The average molecular weight is 244 g/mol. The fourth-order valence-electron chi connectivity index (χ4n) is 3.00. The molecular weight excluding hydrogens is 228 g/mol. The molecule has 0 fully saturated rings. The third-order valence-corrected chi connectivity index (χ3v) is 3.81. The number of hydrogen-bond acceptors (Lipinski definition) is 2. The molecule has 18 heavy (non-hydrogen) atoms. The zero-order valence-corrected chi connectivity index (χ0v) is 10.2. The number of aliphatic carboxylic acids is 1. The molecule has 1 aromatic carbocycles. The van der Waals surface area contributed by atoms with E-state index in [1.807, 2.05) is 25.1 Å². The Morgan fingerprint density at radius 1 is 1.44 bits per heavy atom. The highest BCUT2D eigenvalue weighted by atomic mass is 16.4. The fourth-order valence-corrected chi connectivity index (χ4v) is 3.00. The largest absolute Gasteiger partial charge is 0.480 e. The molecule has 0 saturated heterocycles. The number of para-hydroxylation sites is 1. The lowest BCUT2D eigenvalue weighted by atomic mass is 9.84. The Labute approximate surface area is 105 Å². The number of carbonyl (C=O) groups is 1. The summed E-state index contributed by atoms with van der Waals surface area (Å²) in [4.78, 5) is 14.7. The lowest BCUT2D eigenvalue weighted by Crippen LogP contribution is -2.44. The Hall–Kier alpha value is -1.81. The van der Waals surface area contributed by atoms with Gasteiger partial charge in [0.1, 0.15) is 6.04 Å². The molecule has 0 amide bonds. The first kappa shape index (κ1) is 11.3. The van der Waals surface area contributed by atoms with Crippen LogP contribution in [-0.4, -0.2) is 22.1 Å². The van der Waals surface area contributed by atoms with Gasteiger partial charge in [-0.25, -0.2) is 0 Å². The van der Waals surface area contributed by atoms with E-state index in [4.69, 9.17) is 0 Å². The Bertz CT molecular complexity index is 603. The molecule has 0 bridgehead atoms. The second-order valence-electron chi connectivity index (χ2n) is 4.77. The molecule has 3 rings (SSSR count). The van der Waals surface area contributed by atoms with Gasteiger partial charge in [0.2, 0.25) is 0 Å². The van der Waals surface area contributed by atoms with Gasteiger partial charge >= 0.3 is 5.97 Å². The van der Waals surface area contributed by atoms with Crippen LogP contribution in [0.2, 0.25) is 0 Å². The van der Waals surface area contributed by atoms with E-state index in [1.54, 1.807) is 0 Å². The van der Waals surface area contributed by atoms with Crippen LogP contribution in [0.4, 0.5) is 0 Å². The van der Waals surface area contributed by atoms with Crippen molar-refractivity contribution in [2.24, 2.45) is 0 Å². The van der Waals surface area contributed by atoms with Crippen molar-refractivity contribution < 1.29 is 9.90 Å². The van der Waals surface area contributed by atoms with E-state index < -0.39 is 12.0 Å². The molecule has 0 aliphatic carbocycles. The molecule has 0 saturated carbocycles. The van der Waals surface area contributed by atoms with E-state index in [0.29, 0.717) is 6.54 Å². The first-order chi connectivity index (χ1) is 8.72. The minimum atomic E-state index is -0.766. The number of benzene rings is 1. The zero-order valence-electron chi connectivity index (χ0n) is 10.2. The standard InChI is InChI=1S/C14H16N2O2/c1-2-8-12-9-5-3-4-6-10(9)16-11(12)7-15-13(8)14(17)18/h3-6,8,13,15-16H,2,7H2,1H3,(H,17,18). The topological polar surface area (TPSA) is 65.1 Å². The van der Waals surface area contributed by atoms with Gasteiger partial charge in [-0.05, 0) is 18.1 Å². The van der Waals surface area contributed by atoms with Crippen LogP contribution in [0.15, 0.2) is 24.3 Å². The molecule has 0 spiro atoms. The summed E-state index contributed by atoms with van der Waals surface area (Å²) >= 11 is 0. The molecule has 2 atom stereocenters. The molecular formula is C14H16N2O2. The lowest BCUT2D eigenvalue weighted by molar-refractivity contribution is -0.140. The van der Waals surface area contributed by atoms with Gasteiger partial charge in [-0.15, -0.1) is 0 Å². The molecule has 4 nitrogen and oxygen atoms in total. The molecule has 2 heterocycles. The SMILES string of the molecule is CCC1c2c([nH]c3ccccc23)CNC1C(=O)O. The second-order valence-corrected chi connectivity index (χ2v) is 4.77. The van der Waals surface area contributed by atoms with E-state index in [2.05, 4.69) is 16.4 Å². The van der Waals surface area contributed by atoms with Crippen molar-refractivity contribution in [2.75, 3.05) is 0 Å². The van der Waals surface area contributed by atoms with Crippen molar-refractivity contribution in [3.05, 3.63) is 35.5 Å². The van der Waals surface area contributed by atoms with Gasteiger partial charge in [-0.1, -0.05) is 25.1 Å². The maximum Gasteiger partial charge on any atom is 0.321 e. The number of aromatic amines is 1. The lowest BCUT2D eigenvalue weighted by Gasteiger charge is -2.29. The van der Waals surface area contributed by atoms with Crippen molar-refractivity contribution in [2.45, 2.75) is 31.8 Å². The number of rotatable bonds is 2. The molecule has 3 N–H and O–H groups in total. The summed E-state index contributed by atoms with van der Waals surface area (Å²) in [5, 5.41) is 13.6. The van der Waals surface area contributed by atoms with Gasteiger partial charge in [0.15, 0.2) is 0 Å². The van der Waals surface area contributed by atoms with E-state index in [9.17, 15) is 9.90 Å². The first-order valence-electron chi connectivity index (χ1n) is 6.28. The molecule has 4 heteroatoms. The van der Waals surface area contributed by atoms with Gasteiger partial charge in [0.05, 0.1) is 0 Å². The Kier molecular flexibility index (Phi) is 2.59. The third-order valence-electron chi connectivity index (χ3n) is 3.81. The van der Waals surface area contributed by atoms with Crippen LogP contribution >= 0.6 is 0 Å². The highest BCUT2D eigenvalue weighted by Gasteiger charge is 2.35. The number of aromatic nitrogens is 1. The van der Waals surface area contributed by atoms with E-state index in [1.165, 1.54) is 5.56 Å². The van der Waals surface area contributed by atoms with Crippen LogP contribution in [-0.2, 0) is 11.3 Å². The highest BCUT2D eigenvalue weighted by molar-refractivity contribution is 5.87. The predicted octanol–water partition coefficient (Wildman–Crippen LogP) is 2.22. The van der Waals surface area contributed by atoms with Crippen LogP contribution in [0.5, 0.6) is 0 Å². The highest BCUT2D eigenvalue weighted by Crippen LogP contribution is 2.36. The van der Waals surface area contributed by atoms with Crippen molar-refractivity contribution in [1.29, 1.82) is 0 Å². The molecule has 2 aromatic rings. The first-order valence-corrected chi connectivity index (χ1v) is 6.28. The summed E-state index contributed by atoms with van der Waals surface area (Å²) in [5.41, 5.74) is 3.40. The van der Waals surface area contributed by atoms with Gasteiger partial charge < -0.3 is 10.1 Å². The van der Waals surface area contributed by atoms with Crippen LogP contribution in [0.3, 0.4) is 0 Å². The third kappa shape index (κ3) is 1.53. The summed E-state index contributed by atoms with van der Waals surface area (Å²) < 4.78 is 0. The van der Waals surface area contributed by atoms with Crippen LogP contribution in [0.25, 0.3) is 10.9 Å². The summed E-state index contributed by atoms with van der Waals surface area (Å²) in [7, 11) is 0. The number of hydrogen-bond donors (Lipinski definition) is 3. The Morgan fingerprint density at radius 3 is 2.94 bits per heavy atom. The van der Waals surface area contributed by atoms with Crippen LogP contribution in [0.1, 0.15) is 30.5 Å². The van der Waals surface area contributed by atoms with Crippen molar-refractivity contribution in [3.63, 3.8) is 0 Å². The number of nitrogens with one attached hydrogen (secondary N) is 2. The molecule has 1 aliphatic rings. The Morgan fingerprint density at radius 2 is 2.22 bits per heavy atom. The van der Waals surface area contributed by atoms with E-state index in [-0.39, 0.29) is 5.92 Å². The normalized spacial score (nSPS) is 22.9. The summed E-state index contributed by atoms with van der Waals surface area (Å²) in [6, 6.07) is 7.61. The van der Waals surface area contributed by atoms with Crippen molar-refractivity contribution >= 4 is 16.9 Å². The molecule has 1 aliphatic heterocycles. The summed E-state index contributed by atoms with van der Waals surface area (Å²) in [6.45, 7) is 2.64. The van der Waals surface area contributed by atoms with Gasteiger partial charge in [-0.2, -0.15) is 0 Å². The predicted molar refractivity (Wildman–Crippen MR) is 69.6 cm³/mol. The fraction of sp³-hybridized carbons (Fsp3) is 0.357. The zero-order chi connectivity index (χ0) is 12.7. The maximum absolute atomic E-state index is 11.3. The number of H-pyrrole nitrogens is 1. The van der Waals surface area contributed by atoms with Crippen LogP contribution < -0.4 is 5.32 Å². The summed E-state index contributed by atoms with van der Waals surface area (Å²) in [5.74, 6) is -0.736. The maximum atomic E-state index is 11.3. The molecule has 2 unspecified atom stereocenters. The molecule has 0 radical (unpaired) electrons. The van der Waals surface area contributed by atoms with Gasteiger partial charge in [0, 0.05) is 29.1 Å². The monoisotopic (exact) mass is 244 g/mol. The average Bonchev–Trinajstić information content (AvgIpc) is 2.75. The minimum Gasteiger partial charge on any atom is -0.480 e. The molecule has 1 aromatic heterocycles. The van der Waals surface area contributed by atoms with E-state index >= 15 is 0 Å².